The first-order valence-electron chi connectivity index (χ1n) is 25.4. The lowest BCUT2D eigenvalue weighted by Crippen LogP contribution is -1.99. The molecule has 14 aromatic rings. The minimum Gasteiger partial charge on any atom is -0.436 e. The molecule has 0 bridgehead atoms. The smallest absolute Gasteiger partial charge is 0.227 e. The third kappa shape index (κ3) is 8.40. The quantitative estimate of drug-likeness (QED) is 0.136. The number of para-hydroxylation sites is 4. The molecule has 14 rings (SSSR count). The Morgan fingerprint density at radius 3 is 0.789 bits per heavy atom. The summed E-state index contributed by atoms with van der Waals surface area (Å²) in [7, 11) is 0. The van der Waals surface area contributed by atoms with Crippen molar-refractivity contribution in [3.8, 4) is 112 Å². The Labute approximate surface area is 439 Å². The van der Waals surface area contributed by atoms with Crippen molar-refractivity contribution in [2.75, 3.05) is 0 Å². The number of hydrogen-bond acceptors (Lipinski definition) is 6. The maximum Gasteiger partial charge on any atom is 0.227 e. The Hall–Kier alpha value is -10.3. The van der Waals surface area contributed by atoms with E-state index in [1.54, 1.807) is 0 Å². The zero-order valence-electron chi connectivity index (χ0n) is 41.0. The largest absolute Gasteiger partial charge is 0.436 e. The molecule has 0 radical (unpaired) electrons. The van der Waals surface area contributed by atoms with Gasteiger partial charge in [-0.15, -0.1) is 0 Å². The Bertz CT molecular complexity index is 4030. The number of benzene rings is 11. The van der Waals surface area contributed by atoms with Crippen LogP contribution in [-0.2, 0) is 0 Å². The van der Waals surface area contributed by atoms with Crippen LogP contribution in [0.3, 0.4) is 0 Å². The van der Waals surface area contributed by atoms with Gasteiger partial charge in [-0.2, -0.15) is 0 Å². The lowest BCUT2D eigenvalue weighted by atomic mass is 9.93. The molecule has 0 aliphatic rings. The molecule has 3 heterocycles. The molecular weight excluding hydrogens is 929 g/mol. The third-order valence-electron chi connectivity index (χ3n) is 14.3. The first-order chi connectivity index (χ1) is 37.6. The van der Waals surface area contributed by atoms with E-state index in [9.17, 15) is 0 Å². The highest BCUT2D eigenvalue weighted by molar-refractivity contribution is 6.03. The number of nitrogens with zero attached hydrogens (tertiary/aromatic N) is 4. The van der Waals surface area contributed by atoms with Gasteiger partial charge in [-0.3, -0.25) is 0 Å². The summed E-state index contributed by atoms with van der Waals surface area (Å²) in [4.78, 5) is 20.9. The molecular formula is C70H44N4O2. The van der Waals surface area contributed by atoms with Gasteiger partial charge in [0.05, 0.1) is 22.4 Å². The van der Waals surface area contributed by atoms with Crippen molar-refractivity contribution in [3.63, 3.8) is 0 Å². The van der Waals surface area contributed by atoms with Gasteiger partial charge in [0.1, 0.15) is 11.0 Å². The highest BCUT2D eigenvalue weighted by Gasteiger charge is 2.20. The summed E-state index contributed by atoms with van der Waals surface area (Å²) in [5, 5.41) is 0. The van der Waals surface area contributed by atoms with Gasteiger partial charge in [0.25, 0.3) is 0 Å². The van der Waals surface area contributed by atoms with E-state index in [0.29, 0.717) is 11.8 Å². The van der Waals surface area contributed by atoms with Gasteiger partial charge in [-0.25, -0.2) is 19.9 Å². The number of oxazole rings is 2. The monoisotopic (exact) mass is 972 g/mol. The molecule has 0 spiro atoms. The van der Waals surface area contributed by atoms with E-state index in [1.807, 2.05) is 60.7 Å². The minimum atomic E-state index is 0.604. The topological polar surface area (TPSA) is 77.8 Å². The minimum absolute atomic E-state index is 0.604. The second-order valence-electron chi connectivity index (χ2n) is 18.9. The number of hydrogen-bond donors (Lipinski definition) is 0. The van der Waals surface area contributed by atoms with Gasteiger partial charge < -0.3 is 8.83 Å². The molecule has 6 heteroatoms. The summed E-state index contributed by atoms with van der Waals surface area (Å²) in [6, 6.07) is 92.7. The predicted octanol–water partition coefficient (Wildman–Crippen LogP) is 18.6. The van der Waals surface area contributed by atoms with E-state index >= 15 is 0 Å². The van der Waals surface area contributed by atoms with Crippen molar-refractivity contribution < 1.29 is 8.83 Å². The van der Waals surface area contributed by atoms with E-state index < -0.39 is 0 Å². The first kappa shape index (κ1) is 44.4. The molecule has 0 atom stereocenters. The van der Waals surface area contributed by atoms with Crippen molar-refractivity contribution in [2.24, 2.45) is 0 Å². The van der Waals surface area contributed by atoms with Gasteiger partial charge >= 0.3 is 0 Å². The average molecular weight is 973 g/mol. The fourth-order valence-electron chi connectivity index (χ4n) is 10.2. The van der Waals surface area contributed by atoms with Gasteiger partial charge in [-0.05, 0) is 104 Å². The second kappa shape index (κ2) is 19.0. The zero-order valence-corrected chi connectivity index (χ0v) is 41.0. The van der Waals surface area contributed by atoms with Crippen LogP contribution in [0.1, 0.15) is 0 Å². The van der Waals surface area contributed by atoms with Crippen molar-refractivity contribution in [2.45, 2.75) is 0 Å². The molecule has 6 nitrogen and oxygen atoms in total. The molecule has 11 aromatic carbocycles. The van der Waals surface area contributed by atoms with Crippen molar-refractivity contribution in [1.82, 2.24) is 19.9 Å². The van der Waals surface area contributed by atoms with Crippen LogP contribution >= 0.6 is 0 Å². The van der Waals surface area contributed by atoms with E-state index in [-0.39, 0.29) is 0 Å². The lowest BCUT2D eigenvalue weighted by Gasteiger charge is -2.17. The van der Waals surface area contributed by atoms with E-state index in [1.165, 1.54) is 11.1 Å². The maximum atomic E-state index is 6.08. The Balaban J connectivity index is 0.887. The molecule has 0 unspecified atom stereocenters. The van der Waals surface area contributed by atoms with E-state index in [2.05, 4.69) is 206 Å². The summed E-state index contributed by atoms with van der Waals surface area (Å²) < 4.78 is 12.2. The van der Waals surface area contributed by atoms with Crippen molar-refractivity contribution in [1.29, 1.82) is 0 Å². The molecule has 0 fully saturated rings. The van der Waals surface area contributed by atoms with Crippen LogP contribution in [0.2, 0.25) is 0 Å². The molecule has 0 N–H and O–H groups in total. The molecule has 76 heavy (non-hydrogen) atoms. The summed E-state index contributed by atoms with van der Waals surface area (Å²) in [5.41, 5.74) is 23.3. The van der Waals surface area contributed by atoms with Gasteiger partial charge in [0.15, 0.2) is 11.2 Å². The third-order valence-corrected chi connectivity index (χ3v) is 14.3. The van der Waals surface area contributed by atoms with Crippen molar-refractivity contribution >= 4 is 33.2 Å². The number of aromatic nitrogens is 4. The fraction of sp³-hybridized carbons (Fsp3) is 0. The molecule has 356 valence electrons. The Morgan fingerprint density at radius 2 is 0.461 bits per heavy atom. The normalized spacial score (nSPS) is 11.4. The average Bonchev–Trinajstić information content (AvgIpc) is 4.19. The standard InChI is InChI=1S/C70H44N4O2/c1-3-11-45(12-4-1)47-19-31-53(32-20-47)59-43-44-60(54-33-21-48(22-34-54)46-13-5-2-6-14-46)68-67(59)73-65(55-35-23-49(24-36-55)51-27-39-57(40-28-51)69-71-61-15-7-9-17-63(61)75-69)66(74-68)56-37-25-50(26-38-56)52-29-41-58(42-30-52)70-72-62-16-8-10-18-64(62)76-70/h1-44H. The van der Waals surface area contributed by atoms with Crippen LogP contribution in [-0.4, -0.2) is 19.9 Å². The predicted molar refractivity (Wildman–Crippen MR) is 309 cm³/mol. The van der Waals surface area contributed by atoms with Gasteiger partial charge in [0.2, 0.25) is 11.8 Å². The Morgan fingerprint density at radius 1 is 0.197 bits per heavy atom. The highest BCUT2D eigenvalue weighted by Crippen LogP contribution is 2.41. The zero-order chi connectivity index (χ0) is 50.4. The SMILES string of the molecule is c1ccc(-c2ccc(-c3ccc(-c4ccc(-c5ccccc5)cc4)c4nc(-c5ccc(-c6ccc(-c7nc8ccccc8o7)cc6)cc5)c(-c5ccc(-c6ccc(-c7nc8ccccc8o7)cc6)cc5)nc34)cc2)cc1. The lowest BCUT2D eigenvalue weighted by molar-refractivity contribution is 0.619. The first-order valence-corrected chi connectivity index (χ1v) is 25.4. The number of fused-ring (bicyclic) bond motifs is 3. The van der Waals surface area contributed by atoms with Crippen LogP contribution in [0.4, 0.5) is 0 Å². The summed E-state index contributed by atoms with van der Waals surface area (Å²) in [5.74, 6) is 1.21. The van der Waals surface area contributed by atoms with Crippen molar-refractivity contribution in [3.05, 3.63) is 267 Å². The Kier molecular flexibility index (Phi) is 11.1. The van der Waals surface area contributed by atoms with Crippen LogP contribution in [0.25, 0.3) is 145 Å². The summed E-state index contributed by atoms with van der Waals surface area (Å²) in [6.07, 6.45) is 0. The molecule has 0 aliphatic carbocycles. The fourth-order valence-corrected chi connectivity index (χ4v) is 10.2. The van der Waals surface area contributed by atoms with Crippen LogP contribution in [0.15, 0.2) is 276 Å². The molecule has 0 saturated carbocycles. The van der Waals surface area contributed by atoms with Crippen LogP contribution < -0.4 is 0 Å². The molecule has 0 amide bonds. The van der Waals surface area contributed by atoms with Crippen LogP contribution in [0.5, 0.6) is 0 Å². The second-order valence-corrected chi connectivity index (χ2v) is 18.9. The van der Waals surface area contributed by atoms with Gasteiger partial charge in [-0.1, -0.05) is 218 Å². The summed E-state index contributed by atoms with van der Waals surface area (Å²) >= 11 is 0. The molecule has 0 saturated heterocycles. The van der Waals surface area contributed by atoms with Gasteiger partial charge in [0, 0.05) is 33.4 Å². The number of rotatable bonds is 10. The van der Waals surface area contributed by atoms with E-state index in [4.69, 9.17) is 28.8 Å². The highest BCUT2D eigenvalue weighted by atomic mass is 16.4. The van der Waals surface area contributed by atoms with Crippen LogP contribution in [0, 0.1) is 0 Å². The van der Waals surface area contributed by atoms with E-state index in [0.717, 1.165) is 123 Å². The molecule has 3 aromatic heterocycles. The summed E-state index contributed by atoms with van der Waals surface area (Å²) in [6.45, 7) is 0. The molecule has 0 aliphatic heterocycles. The maximum absolute atomic E-state index is 6.08.